The number of esters is 1. The first-order valence-electron chi connectivity index (χ1n) is 8.87. The van der Waals surface area contributed by atoms with Gasteiger partial charge in [0, 0.05) is 22.6 Å². The summed E-state index contributed by atoms with van der Waals surface area (Å²) in [6, 6.07) is 23.3. The minimum Gasteiger partial charge on any atom is -0.461 e. The third-order valence-corrected chi connectivity index (χ3v) is 4.31. The first-order chi connectivity index (χ1) is 13.6. The lowest BCUT2D eigenvalue weighted by molar-refractivity contribution is -0.144. The molecule has 0 bridgehead atoms. The van der Waals surface area contributed by atoms with Crippen LogP contribution in [0.4, 0.5) is 0 Å². The van der Waals surface area contributed by atoms with E-state index in [1.165, 1.54) is 0 Å². The van der Waals surface area contributed by atoms with Crippen LogP contribution in [-0.4, -0.2) is 11.8 Å². The highest BCUT2D eigenvalue weighted by molar-refractivity contribution is 6.30. The Labute approximate surface area is 168 Å². The van der Waals surface area contributed by atoms with E-state index in [0.717, 1.165) is 5.56 Å². The highest BCUT2D eigenvalue weighted by Gasteiger charge is 2.12. The van der Waals surface area contributed by atoms with Crippen LogP contribution in [-0.2, 0) is 16.1 Å². The summed E-state index contributed by atoms with van der Waals surface area (Å²) in [5.41, 5.74) is 1.28. The molecule has 0 atom stereocenters. The van der Waals surface area contributed by atoms with Crippen LogP contribution in [0, 0.1) is 0 Å². The van der Waals surface area contributed by atoms with Crippen molar-refractivity contribution in [3.05, 3.63) is 95.0 Å². The molecule has 0 aliphatic heterocycles. The summed E-state index contributed by atoms with van der Waals surface area (Å²) in [6.45, 7) is 0.0803. The highest BCUT2D eigenvalue weighted by atomic mass is 35.5. The van der Waals surface area contributed by atoms with Crippen molar-refractivity contribution in [3.8, 4) is 11.5 Å². The number of ketones is 1. The Morgan fingerprint density at radius 2 is 1.46 bits per heavy atom. The molecule has 0 saturated heterocycles. The molecule has 5 heteroatoms. The van der Waals surface area contributed by atoms with E-state index in [1.54, 1.807) is 24.3 Å². The molecule has 3 rings (SSSR count). The standard InChI is InChI=1S/C23H19ClO4/c24-19-12-10-17(11-13-19)21(25)14-15-23(26)27-16-18-6-4-5-9-22(18)28-20-7-2-1-3-8-20/h1-13H,14-16H2. The highest BCUT2D eigenvalue weighted by Crippen LogP contribution is 2.25. The average Bonchev–Trinajstić information content (AvgIpc) is 2.72. The van der Waals surface area contributed by atoms with Crippen molar-refractivity contribution >= 4 is 23.4 Å². The van der Waals surface area contributed by atoms with E-state index in [1.807, 2.05) is 54.6 Å². The molecule has 0 N–H and O–H groups in total. The van der Waals surface area contributed by atoms with Crippen molar-refractivity contribution in [2.45, 2.75) is 19.4 Å². The van der Waals surface area contributed by atoms with Gasteiger partial charge in [0.15, 0.2) is 5.78 Å². The second-order valence-electron chi connectivity index (χ2n) is 6.11. The first-order valence-corrected chi connectivity index (χ1v) is 9.25. The number of Topliss-reactive ketones (excluding diaryl/α,β-unsaturated/α-hetero) is 1. The van der Waals surface area contributed by atoms with Crippen LogP contribution < -0.4 is 4.74 Å². The molecule has 0 fully saturated rings. The van der Waals surface area contributed by atoms with Crippen LogP contribution in [0.5, 0.6) is 11.5 Å². The van der Waals surface area contributed by atoms with Gasteiger partial charge in [0.2, 0.25) is 0 Å². The zero-order valence-electron chi connectivity index (χ0n) is 15.1. The number of hydrogen-bond donors (Lipinski definition) is 0. The number of carbonyl (C=O) groups is 2. The first kappa shape index (κ1) is 19.6. The third-order valence-electron chi connectivity index (χ3n) is 4.05. The smallest absolute Gasteiger partial charge is 0.306 e. The number of ether oxygens (including phenoxy) is 2. The summed E-state index contributed by atoms with van der Waals surface area (Å²) in [4.78, 5) is 24.2. The van der Waals surface area contributed by atoms with E-state index in [0.29, 0.717) is 22.1 Å². The Bertz CT molecular complexity index is 936. The summed E-state index contributed by atoms with van der Waals surface area (Å²) in [6.07, 6.45) is 0.103. The van der Waals surface area contributed by atoms with Gasteiger partial charge in [-0.25, -0.2) is 0 Å². The molecular weight excluding hydrogens is 376 g/mol. The predicted octanol–water partition coefficient (Wildman–Crippen LogP) is 5.84. The Morgan fingerprint density at radius 1 is 0.786 bits per heavy atom. The van der Waals surface area contributed by atoms with Crippen LogP contribution in [0.1, 0.15) is 28.8 Å². The molecule has 0 unspecified atom stereocenters. The van der Waals surface area contributed by atoms with Crippen LogP contribution in [0.3, 0.4) is 0 Å². The summed E-state index contributed by atoms with van der Waals surface area (Å²) in [5.74, 6) is 0.770. The molecule has 28 heavy (non-hydrogen) atoms. The van der Waals surface area contributed by atoms with E-state index in [4.69, 9.17) is 21.1 Å². The fourth-order valence-electron chi connectivity index (χ4n) is 2.56. The van der Waals surface area contributed by atoms with Crippen LogP contribution >= 0.6 is 11.6 Å². The SMILES string of the molecule is O=C(CCC(=O)c1ccc(Cl)cc1)OCc1ccccc1Oc1ccccc1. The van der Waals surface area contributed by atoms with Gasteiger partial charge in [-0.05, 0) is 42.5 Å². The van der Waals surface area contributed by atoms with Crippen molar-refractivity contribution < 1.29 is 19.1 Å². The van der Waals surface area contributed by atoms with E-state index in [9.17, 15) is 9.59 Å². The maximum atomic E-state index is 12.1. The zero-order valence-corrected chi connectivity index (χ0v) is 15.9. The van der Waals surface area contributed by atoms with Crippen LogP contribution in [0.2, 0.25) is 5.02 Å². The summed E-state index contributed by atoms with van der Waals surface area (Å²) < 4.78 is 11.2. The van der Waals surface area contributed by atoms with Gasteiger partial charge in [0.1, 0.15) is 18.1 Å². The summed E-state index contributed by atoms with van der Waals surface area (Å²) in [5, 5.41) is 0.562. The lowest BCUT2D eigenvalue weighted by Gasteiger charge is -2.11. The molecule has 0 radical (unpaired) electrons. The van der Waals surface area contributed by atoms with Crippen molar-refractivity contribution in [1.82, 2.24) is 0 Å². The Kier molecular flexibility index (Phi) is 6.82. The van der Waals surface area contributed by atoms with Gasteiger partial charge in [0.05, 0.1) is 6.42 Å². The Morgan fingerprint density at radius 3 is 2.21 bits per heavy atom. The van der Waals surface area contributed by atoms with Crippen LogP contribution in [0.15, 0.2) is 78.9 Å². The minimum atomic E-state index is -0.433. The molecular formula is C23H19ClO4. The maximum absolute atomic E-state index is 12.1. The zero-order chi connectivity index (χ0) is 19.8. The fraction of sp³-hybridized carbons (Fsp3) is 0.130. The Hall–Kier alpha value is -3.11. The van der Waals surface area contributed by atoms with E-state index in [-0.39, 0.29) is 25.2 Å². The molecule has 0 amide bonds. The lowest BCUT2D eigenvalue weighted by atomic mass is 10.1. The van der Waals surface area contributed by atoms with E-state index >= 15 is 0 Å². The number of carbonyl (C=O) groups excluding carboxylic acids is 2. The van der Waals surface area contributed by atoms with Gasteiger partial charge in [0.25, 0.3) is 0 Å². The average molecular weight is 395 g/mol. The van der Waals surface area contributed by atoms with Crippen LogP contribution in [0.25, 0.3) is 0 Å². The summed E-state index contributed by atoms with van der Waals surface area (Å²) >= 11 is 5.81. The molecule has 0 aliphatic carbocycles. The summed E-state index contributed by atoms with van der Waals surface area (Å²) in [7, 11) is 0. The molecule has 0 aromatic heterocycles. The predicted molar refractivity (Wildman–Crippen MR) is 108 cm³/mol. The van der Waals surface area contributed by atoms with Gasteiger partial charge in [-0.1, -0.05) is 48.0 Å². The quantitative estimate of drug-likeness (QED) is 0.356. The van der Waals surface area contributed by atoms with Gasteiger partial charge in [-0.2, -0.15) is 0 Å². The third kappa shape index (κ3) is 5.69. The molecule has 3 aromatic rings. The lowest BCUT2D eigenvalue weighted by Crippen LogP contribution is -2.08. The number of hydrogen-bond acceptors (Lipinski definition) is 4. The maximum Gasteiger partial charge on any atom is 0.306 e. The molecule has 4 nitrogen and oxygen atoms in total. The number of rotatable bonds is 8. The monoisotopic (exact) mass is 394 g/mol. The van der Waals surface area contributed by atoms with Gasteiger partial charge < -0.3 is 9.47 Å². The second kappa shape index (κ2) is 9.72. The fourth-order valence-corrected chi connectivity index (χ4v) is 2.69. The Balaban J connectivity index is 1.52. The van der Waals surface area contributed by atoms with Gasteiger partial charge in [-0.15, -0.1) is 0 Å². The van der Waals surface area contributed by atoms with Crippen molar-refractivity contribution in [3.63, 3.8) is 0 Å². The molecule has 0 heterocycles. The molecule has 0 spiro atoms. The van der Waals surface area contributed by atoms with Crippen molar-refractivity contribution in [2.75, 3.05) is 0 Å². The topological polar surface area (TPSA) is 52.6 Å². The van der Waals surface area contributed by atoms with Crippen molar-refractivity contribution in [2.24, 2.45) is 0 Å². The molecule has 0 aliphatic rings. The normalized spacial score (nSPS) is 10.3. The second-order valence-corrected chi connectivity index (χ2v) is 6.55. The molecule has 0 saturated carbocycles. The van der Waals surface area contributed by atoms with Gasteiger partial charge in [-0.3, -0.25) is 9.59 Å². The van der Waals surface area contributed by atoms with Crippen molar-refractivity contribution in [1.29, 1.82) is 0 Å². The molecule has 3 aromatic carbocycles. The number of para-hydroxylation sites is 2. The van der Waals surface area contributed by atoms with E-state index < -0.39 is 5.97 Å². The minimum absolute atomic E-state index is 0.0170. The number of halogens is 1. The largest absolute Gasteiger partial charge is 0.461 e. The number of benzene rings is 3. The van der Waals surface area contributed by atoms with Gasteiger partial charge >= 0.3 is 5.97 Å². The van der Waals surface area contributed by atoms with E-state index in [2.05, 4.69) is 0 Å². The molecule has 142 valence electrons.